The van der Waals surface area contributed by atoms with Crippen LogP contribution in [0, 0.1) is 0 Å². The van der Waals surface area contributed by atoms with E-state index in [4.69, 9.17) is 4.55 Å². The van der Waals surface area contributed by atoms with Gasteiger partial charge in [0.1, 0.15) is 5.75 Å². The summed E-state index contributed by atoms with van der Waals surface area (Å²) in [6.45, 7) is 0.307. The molecule has 1 aromatic rings. The summed E-state index contributed by atoms with van der Waals surface area (Å²) in [5, 5.41) is 10.3. The third-order valence-corrected chi connectivity index (χ3v) is 5.19. The Labute approximate surface area is 166 Å². The Kier molecular flexibility index (Phi) is 7.29. The summed E-state index contributed by atoms with van der Waals surface area (Å²) in [5.74, 6) is -3.80. The molecule has 1 unspecified atom stereocenters. The second kappa shape index (κ2) is 9.47. The number of unbranched alkanes of at least 4 members (excludes halogenated alkanes) is 2. The molecule has 0 saturated carbocycles. The van der Waals surface area contributed by atoms with Crippen molar-refractivity contribution in [3.63, 3.8) is 0 Å². The lowest BCUT2D eigenvalue weighted by molar-refractivity contribution is -0.197. The van der Waals surface area contributed by atoms with Crippen molar-refractivity contribution in [2.75, 3.05) is 6.54 Å². The Bertz CT molecular complexity index is 913. The van der Waals surface area contributed by atoms with Crippen LogP contribution in [0.3, 0.4) is 0 Å². The molecule has 0 aromatic heterocycles. The predicted octanol–water partition coefficient (Wildman–Crippen LogP) is 0.156. The van der Waals surface area contributed by atoms with Gasteiger partial charge >= 0.3 is 5.97 Å². The molecule has 0 radical (unpaired) electrons. The third-order valence-electron chi connectivity index (χ3n) is 4.11. The van der Waals surface area contributed by atoms with Crippen LogP contribution in [0.4, 0.5) is 0 Å². The van der Waals surface area contributed by atoms with Crippen molar-refractivity contribution in [3.05, 3.63) is 29.8 Å². The Balaban J connectivity index is 1.66. The van der Waals surface area contributed by atoms with E-state index < -0.39 is 45.5 Å². The summed E-state index contributed by atoms with van der Waals surface area (Å²) in [4.78, 5) is 51.6. The average Bonchev–Trinajstić information content (AvgIpc) is 2.93. The maximum Gasteiger partial charge on any atom is 0.333 e. The second-order valence-corrected chi connectivity index (χ2v) is 7.88. The summed E-state index contributed by atoms with van der Waals surface area (Å²) in [7, 11) is -4.76. The number of hydrogen-bond acceptors (Lipinski definition) is 8. The number of rotatable bonds is 9. The number of hydrogen-bond donors (Lipinski definition) is 3. The summed E-state index contributed by atoms with van der Waals surface area (Å²) in [5.41, 5.74) is 0.152. The number of carbonyl (C=O) groups excluding carboxylic acids is 4. The average molecular weight is 428 g/mol. The lowest BCUT2D eigenvalue weighted by Gasteiger charge is -2.13. The van der Waals surface area contributed by atoms with Crippen LogP contribution in [0.1, 0.15) is 42.5 Å². The number of amides is 3. The number of nitrogens with zero attached hydrogens (tertiary/aromatic N) is 1. The van der Waals surface area contributed by atoms with Gasteiger partial charge in [-0.2, -0.15) is 8.42 Å². The fourth-order valence-electron chi connectivity index (χ4n) is 2.59. The number of phenolic OH excluding ortho intramolecular Hbond substituents is 1. The first-order chi connectivity index (χ1) is 13.6. The van der Waals surface area contributed by atoms with Crippen LogP contribution in [-0.4, -0.2) is 58.6 Å². The standard InChI is InChI=1S/C17H20N2O9S/c20-12-7-4-3-6-11(12)16(23)18-9-5-1-2-8-15(22)28-19-14(21)10-13(17(19)24)29(25,26)27/h3-4,6-7,13,20H,1-2,5,8-10H2,(H,18,23)(H,25,26,27). The number of para-hydroxylation sites is 1. The van der Waals surface area contributed by atoms with Gasteiger partial charge in [-0.15, -0.1) is 5.06 Å². The molecule has 0 aliphatic carbocycles. The smallest absolute Gasteiger partial charge is 0.333 e. The molecule has 12 heteroatoms. The fraction of sp³-hybridized carbons (Fsp3) is 0.412. The van der Waals surface area contributed by atoms with E-state index in [1.807, 2.05) is 0 Å². The second-order valence-electron chi connectivity index (χ2n) is 6.28. The van der Waals surface area contributed by atoms with Crippen LogP contribution in [0.5, 0.6) is 5.75 Å². The lowest BCUT2D eigenvalue weighted by Crippen LogP contribution is -2.36. The Morgan fingerprint density at radius 1 is 1.17 bits per heavy atom. The van der Waals surface area contributed by atoms with Crippen molar-refractivity contribution in [2.45, 2.75) is 37.4 Å². The van der Waals surface area contributed by atoms with E-state index >= 15 is 0 Å². The third kappa shape index (κ3) is 5.99. The van der Waals surface area contributed by atoms with Crippen LogP contribution in [0.15, 0.2) is 24.3 Å². The molecule has 0 bridgehead atoms. The number of aromatic hydroxyl groups is 1. The first kappa shape index (κ1) is 22.3. The SMILES string of the molecule is O=C(CCCCCNC(=O)c1ccccc1O)ON1C(=O)CC(S(=O)(=O)O)C1=O. The minimum Gasteiger partial charge on any atom is -0.507 e. The molecular weight excluding hydrogens is 408 g/mol. The van der Waals surface area contributed by atoms with Gasteiger partial charge in [-0.25, -0.2) is 4.79 Å². The molecule has 1 atom stereocenters. The molecule has 11 nitrogen and oxygen atoms in total. The van der Waals surface area contributed by atoms with Gasteiger partial charge in [0.15, 0.2) is 5.25 Å². The highest BCUT2D eigenvalue weighted by molar-refractivity contribution is 7.87. The highest BCUT2D eigenvalue weighted by atomic mass is 32.2. The number of hydroxylamine groups is 2. The molecule has 1 aliphatic rings. The van der Waals surface area contributed by atoms with Crippen molar-refractivity contribution in [2.24, 2.45) is 0 Å². The number of imide groups is 1. The van der Waals surface area contributed by atoms with E-state index in [1.54, 1.807) is 12.1 Å². The van der Waals surface area contributed by atoms with Gasteiger partial charge in [-0.05, 0) is 25.0 Å². The monoisotopic (exact) mass is 428 g/mol. The normalized spacial score (nSPS) is 16.7. The topological polar surface area (TPSA) is 167 Å². The number of carbonyl (C=O) groups is 4. The van der Waals surface area contributed by atoms with Crippen molar-refractivity contribution in [3.8, 4) is 5.75 Å². The highest BCUT2D eigenvalue weighted by Gasteiger charge is 2.48. The zero-order valence-corrected chi connectivity index (χ0v) is 16.1. The first-order valence-electron chi connectivity index (χ1n) is 8.71. The molecule has 29 heavy (non-hydrogen) atoms. The van der Waals surface area contributed by atoms with Gasteiger partial charge in [0.05, 0.1) is 12.0 Å². The molecule has 3 amide bonds. The number of benzene rings is 1. The first-order valence-corrected chi connectivity index (χ1v) is 10.2. The van der Waals surface area contributed by atoms with Crippen LogP contribution < -0.4 is 5.32 Å². The van der Waals surface area contributed by atoms with E-state index in [9.17, 15) is 32.7 Å². The Morgan fingerprint density at radius 2 is 1.86 bits per heavy atom. The minimum absolute atomic E-state index is 0.0628. The van der Waals surface area contributed by atoms with Gasteiger partial charge in [-0.1, -0.05) is 18.6 Å². The lowest BCUT2D eigenvalue weighted by atomic mass is 10.1. The molecular formula is C17H20N2O9S. The molecule has 1 heterocycles. The van der Waals surface area contributed by atoms with Crippen LogP contribution in [-0.2, 0) is 29.3 Å². The van der Waals surface area contributed by atoms with Gasteiger partial charge in [-0.3, -0.25) is 18.9 Å². The summed E-state index contributed by atoms with van der Waals surface area (Å²) in [6, 6.07) is 6.09. The molecule has 2 rings (SSSR count). The van der Waals surface area contributed by atoms with Gasteiger partial charge < -0.3 is 15.3 Å². The maximum atomic E-state index is 11.9. The molecule has 3 N–H and O–H groups in total. The van der Waals surface area contributed by atoms with E-state index in [0.29, 0.717) is 25.8 Å². The molecule has 1 saturated heterocycles. The van der Waals surface area contributed by atoms with Crippen molar-refractivity contribution >= 4 is 33.8 Å². The number of phenols is 1. The zero-order valence-electron chi connectivity index (χ0n) is 15.2. The van der Waals surface area contributed by atoms with Crippen LogP contribution in [0.25, 0.3) is 0 Å². The van der Waals surface area contributed by atoms with Gasteiger partial charge in [0, 0.05) is 13.0 Å². The van der Waals surface area contributed by atoms with Gasteiger partial charge in [0.25, 0.3) is 27.8 Å². The van der Waals surface area contributed by atoms with Gasteiger partial charge in [0.2, 0.25) is 0 Å². The Hall–Kier alpha value is -2.99. The zero-order chi connectivity index (χ0) is 21.6. The largest absolute Gasteiger partial charge is 0.507 e. The van der Waals surface area contributed by atoms with E-state index in [0.717, 1.165) is 0 Å². The molecule has 1 fully saturated rings. The summed E-state index contributed by atoms with van der Waals surface area (Å²) in [6.07, 6.45) is 0.455. The molecule has 158 valence electrons. The minimum atomic E-state index is -4.76. The number of nitrogens with one attached hydrogen (secondary N) is 1. The summed E-state index contributed by atoms with van der Waals surface area (Å²) >= 11 is 0. The van der Waals surface area contributed by atoms with Crippen LogP contribution in [0.2, 0.25) is 0 Å². The fourth-order valence-corrected chi connectivity index (χ4v) is 3.30. The van der Waals surface area contributed by atoms with Crippen molar-refractivity contribution in [1.29, 1.82) is 0 Å². The van der Waals surface area contributed by atoms with Crippen LogP contribution >= 0.6 is 0 Å². The Morgan fingerprint density at radius 3 is 2.48 bits per heavy atom. The maximum absolute atomic E-state index is 11.9. The van der Waals surface area contributed by atoms with E-state index in [-0.39, 0.29) is 22.8 Å². The quantitative estimate of drug-likeness (QED) is 0.282. The molecule has 1 aromatic carbocycles. The summed E-state index contributed by atoms with van der Waals surface area (Å²) < 4.78 is 30.9. The highest BCUT2D eigenvalue weighted by Crippen LogP contribution is 2.20. The molecule has 1 aliphatic heterocycles. The van der Waals surface area contributed by atoms with E-state index in [2.05, 4.69) is 10.2 Å². The van der Waals surface area contributed by atoms with E-state index in [1.165, 1.54) is 12.1 Å². The predicted molar refractivity (Wildman–Crippen MR) is 96.8 cm³/mol. The van der Waals surface area contributed by atoms with Crippen molar-refractivity contribution < 1.29 is 42.1 Å². The molecule has 0 spiro atoms. The van der Waals surface area contributed by atoms with Crippen molar-refractivity contribution in [1.82, 2.24) is 10.4 Å².